The van der Waals surface area contributed by atoms with Crippen LogP contribution in [0.3, 0.4) is 0 Å². The van der Waals surface area contributed by atoms with Crippen molar-refractivity contribution in [3.63, 3.8) is 0 Å². The molecule has 45 heavy (non-hydrogen) atoms. The van der Waals surface area contributed by atoms with Gasteiger partial charge in [-0.15, -0.1) is 0 Å². The van der Waals surface area contributed by atoms with Gasteiger partial charge in [0.15, 0.2) is 11.4 Å². The molecule has 0 aliphatic heterocycles. The monoisotopic (exact) mass is 577 g/mol. The fraction of sp³-hybridized carbons (Fsp3) is 0. The fourth-order valence-corrected chi connectivity index (χ4v) is 6.83. The van der Waals surface area contributed by atoms with Gasteiger partial charge in [0.05, 0.1) is 11.0 Å². The first-order valence-corrected chi connectivity index (χ1v) is 15.0. The van der Waals surface area contributed by atoms with Gasteiger partial charge in [-0.25, -0.2) is 9.97 Å². The number of para-hydroxylation sites is 3. The summed E-state index contributed by atoms with van der Waals surface area (Å²) >= 11 is 0. The second kappa shape index (κ2) is 9.15. The molecular formula is C40H23N3O2. The van der Waals surface area contributed by atoms with Crippen LogP contribution in [0.2, 0.25) is 0 Å². The number of aromatic nitrogens is 3. The molecule has 5 nitrogen and oxygen atoms in total. The Morgan fingerprint density at radius 3 is 2.09 bits per heavy atom. The van der Waals surface area contributed by atoms with Gasteiger partial charge in [-0.2, -0.15) is 0 Å². The van der Waals surface area contributed by atoms with Crippen molar-refractivity contribution < 1.29 is 8.83 Å². The summed E-state index contributed by atoms with van der Waals surface area (Å²) in [4.78, 5) is 10.5. The van der Waals surface area contributed by atoms with E-state index in [1.54, 1.807) is 0 Å². The van der Waals surface area contributed by atoms with E-state index in [9.17, 15) is 0 Å². The van der Waals surface area contributed by atoms with Crippen LogP contribution in [0.4, 0.5) is 0 Å². The van der Waals surface area contributed by atoms with E-state index in [-0.39, 0.29) is 0 Å². The molecule has 0 saturated carbocycles. The van der Waals surface area contributed by atoms with E-state index in [1.807, 2.05) is 54.6 Å². The third-order valence-electron chi connectivity index (χ3n) is 8.81. The molecule has 0 fully saturated rings. The van der Waals surface area contributed by atoms with Crippen LogP contribution in [0.15, 0.2) is 148 Å². The minimum absolute atomic E-state index is 0.630. The summed E-state index contributed by atoms with van der Waals surface area (Å²) in [7, 11) is 0. The third kappa shape index (κ3) is 3.49. The summed E-state index contributed by atoms with van der Waals surface area (Å²) < 4.78 is 15.2. The van der Waals surface area contributed by atoms with E-state index in [0.29, 0.717) is 11.4 Å². The van der Waals surface area contributed by atoms with Crippen LogP contribution in [-0.4, -0.2) is 14.5 Å². The summed E-state index contributed by atoms with van der Waals surface area (Å²) in [5.41, 5.74) is 9.90. The molecule has 6 aromatic carbocycles. The Balaban J connectivity index is 1.34. The van der Waals surface area contributed by atoms with Gasteiger partial charge in [0.1, 0.15) is 28.0 Å². The zero-order valence-corrected chi connectivity index (χ0v) is 23.9. The quantitative estimate of drug-likeness (QED) is 0.210. The predicted octanol–water partition coefficient (Wildman–Crippen LogP) is 10.7. The molecule has 0 atom stereocenters. The van der Waals surface area contributed by atoms with E-state index in [4.69, 9.17) is 18.8 Å². The van der Waals surface area contributed by atoms with Crippen molar-refractivity contribution in [3.05, 3.63) is 140 Å². The van der Waals surface area contributed by atoms with Gasteiger partial charge in [0.2, 0.25) is 0 Å². The SMILES string of the molecule is c1ccc(-c2nc(-c3cccc4oc5ccccc5c34)nc3c2oc2cc4c5ccccc5n(-c5ccccc5)c4cc23)cc1. The summed E-state index contributed by atoms with van der Waals surface area (Å²) in [6.45, 7) is 0. The largest absolute Gasteiger partial charge is 0.456 e. The average Bonchev–Trinajstić information content (AvgIpc) is 3.77. The number of rotatable bonds is 3. The smallest absolute Gasteiger partial charge is 0.180 e. The van der Waals surface area contributed by atoms with E-state index in [0.717, 1.165) is 77.4 Å². The second-order valence-electron chi connectivity index (χ2n) is 11.4. The number of hydrogen-bond donors (Lipinski definition) is 0. The Hall–Kier alpha value is -6.20. The number of nitrogens with zero attached hydrogens (tertiary/aromatic N) is 3. The molecule has 10 aromatic rings. The maximum atomic E-state index is 6.69. The molecule has 0 aliphatic rings. The maximum absolute atomic E-state index is 6.69. The van der Waals surface area contributed by atoms with Gasteiger partial charge >= 0.3 is 0 Å². The molecule has 0 saturated heterocycles. The molecule has 0 radical (unpaired) electrons. The van der Waals surface area contributed by atoms with Gasteiger partial charge in [0.25, 0.3) is 0 Å². The lowest BCUT2D eigenvalue weighted by Gasteiger charge is -2.08. The van der Waals surface area contributed by atoms with Crippen LogP contribution in [0.5, 0.6) is 0 Å². The molecule has 0 bridgehead atoms. The molecule has 0 unspecified atom stereocenters. The number of benzene rings is 6. The first-order valence-electron chi connectivity index (χ1n) is 15.0. The van der Waals surface area contributed by atoms with Crippen molar-refractivity contribution in [2.75, 3.05) is 0 Å². The Morgan fingerprint density at radius 1 is 0.489 bits per heavy atom. The second-order valence-corrected chi connectivity index (χ2v) is 11.4. The van der Waals surface area contributed by atoms with Crippen LogP contribution in [-0.2, 0) is 0 Å². The molecule has 4 aromatic heterocycles. The Kier molecular flexibility index (Phi) is 4.93. The van der Waals surface area contributed by atoms with E-state index in [1.165, 1.54) is 5.39 Å². The highest BCUT2D eigenvalue weighted by atomic mass is 16.3. The topological polar surface area (TPSA) is 57.0 Å². The summed E-state index contributed by atoms with van der Waals surface area (Å²) in [5.74, 6) is 0.630. The highest BCUT2D eigenvalue weighted by Crippen LogP contribution is 2.42. The zero-order valence-electron chi connectivity index (χ0n) is 23.9. The average molecular weight is 578 g/mol. The van der Waals surface area contributed by atoms with Crippen molar-refractivity contribution in [1.82, 2.24) is 14.5 Å². The molecule has 0 N–H and O–H groups in total. The molecule has 0 aliphatic carbocycles. The van der Waals surface area contributed by atoms with Crippen LogP contribution >= 0.6 is 0 Å². The van der Waals surface area contributed by atoms with Gasteiger partial charge < -0.3 is 13.4 Å². The molecule has 0 amide bonds. The van der Waals surface area contributed by atoms with Crippen LogP contribution < -0.4 is 0 Å². The Labute approximate surface area is 256 Å². The van der Waals surface area contributed by atoms with Crippen LogP contribution in [0, 0.1) is 0 Å². The minimum Gasteiger partial charge on any atom is -0.456 e. The minimum atomic E-state index is 0.630. The number of fused-ring (bicyclic) bond motifs is 9. The highest BCUT2D eigenvalue weighted by Gasteiger charge is 2.22. The van der Waals surface area contributed by atoms with E-state index >= 15 is 0 Å². The lowest BCUT2D eigenvalue weighted by atomic mass is 10.0. The molecule has 5 heteroatoms. The van der Waals surface area contributed by atoms with Crippen molar-refractivity contribution in [2.45, 2.75) is 0 Å². The van der Waals surface area contributed by atoms with Crippen LogP contribution in [0.25, 0.3) is 94.1 Å². The molecule has 10 rings (SSSR count). The summed E-state index contributed by atoms with van der Waals surface area (Å²) in [6, 6.07) is 47.8. The Morgan fingerprint density at radius 2 is 1.22 bits per heavy atom. The van der Waals surface area contributed by atoms with Gasteiger partial charge in [0, 0.05) is 43.7 Å². The first-order chi connectivity index (χ1) is 22.3. The fourth-order valence-electron chi connectivity index (χ4n) is 6.83. The molecule has 0 spiro atoms. The van der Waals surface area contributed by atoms with Gasteiger partial charge in [-0.3, -0.25) is 0 Å². The first kappa shape index (κ1) is 24.3. The zero-order chi connectivity index (χ0) is 29.5. The van der Waals surface area contributed by atoms with Crippen molar-refractivity contribution in [2.24, 2.45) is 0 Å². The lowest BCUT2D eigenvalue weighted by molar-refractivity contribution is 0.668. The third-order valence-corrected chi connectivity index (χ3v) is 8.81. The molecular weight excluding hydrogens is 554 g/mol. The standard InChI is InChI=1S/C40H23N3O2/c1-3-12-24(13-4-1)37-39-38(42-40(41-37)28-18-11-21-34-36(28)27-17-8-10-20-33(27)44-34)30-22-32-29(23-35(30)45-39)26-16-7-9-19-31(26)43(32)25-14-5-2-6-15-25/h1-23H. The van der Waals surface area contributed by atoms with Gasteiger partial charge in [-0.1, -0.05) is 97.1 Å². The van der Waals surface area contributed by atoms with Gasteiger partial charge in [-0.05, 0) is 42.5 Å². The summed E-state index contributed by atoms with van der Waals surface area (Å²) in [5, 5.41) is 5.30. The van der Waals surface area contributed by atoms with Crippen molar-refractivity contribution in [3.8, 4) is 28.3 Å². The normalized spacial score (nSPS) is 12.0. The summed E-state index contributed by atoms with van der Waals surface area (Å²) in [6.07, 6.45) is 0. The van der Waals surface area contributed by atoms with E-state index < -0.39 is 0 Å². The predicted molar refractivity (Wildman–Crippen MR) is 182 cm³/mol. The van der Waals surface area contributed by atoms with E-state index in [2.05, 4.69) is 89.5 Å². The Bertz CT molecular complexity index is 2750. The van der Waals surface area contributed by atoms with Crippen LogP contribution in [0.1, 0.15) is 0 Å². The van der Waals surface area contributed by atoms with Crippen molar-refractivity contribution >= 4 is 65.8 Å². The lowest BCUT2D eigenvalue weighted by Crippen LogP contribution is -1.94. The highest BCUT2D eigenvalue weighted by molar-refractivity contribution is 6.18. The maximum Gasteiger partial charge on any atom is 0.180 e. The molecule has 210 valence electrons. The van der Waals surface area contributed by atoms with Crippen molar-refractivity contribution in [1.29, 1.82) is 0 Å². The number of hydrogen-bond acceptors (Lipinski definition) is 4. The number of furan rings is 2. The molecule has 4 heterocycles.